The summed E-state index contributed by atoms with van der Waals surface area (Å²) in [6, 6.07) is 22.6. The maximum Gasteiger partial charge on any atom is 0.261 e. The van der Waals surface area contributed by atoms with E-state index in [9.17, 15) is 13.2 Å². The maximum atomic E-state index is 13.0. The predicted octanol–water partition coefficient (Wildman–Crippen LogP) is 4.10. The fraction of sp³-hybridized carbons (Fsp3) is 0.208. The average Bonchev–Trinajstić information content (AvgIpc) is 2.80. The van der Waals surface area contributed by atoms with Gasteiger partial charge in [0.05, 0.1) is 4.90 Å². The highest BCUT2D eigenvalue weighted by atomic mass is 35.5. The smallest absolute Gasteiger partial charge is 0.261 e. The van der Waals surface area contributed by atoms with Crippen LogP contribution in [-0.2, 0) is 16.6 Å². The molecule has 3 aromatic carbocycles. The van der Waals surface area contributed by atoms with Gasteiger partial charge in [0.15, 0.2) is 0 Å². The van der Waals surface area contributed by atoms with Crippen LogP contribution in [0.2, 0.25) is 5.02 Å². The molecular weight excluding hydrogens is 446 g/mol. The van der Waals surface area contributed by atoms with Crippen LogP contribution in [0.1, 0.15) is 15.9 Å². The van der Waals surface area contributed by atoms with E-state index in [2.05, 4.69) is 9.62 Å². The number of hydrogen-bond acceptors (Lipinski definition) is 4. The first-order valence-electron chi connectivity index (χ1n) is 10.3. The van der Waals surface area contributed by atoms with Gasteiger partial charge in [-0.25, -0.2) is 8.42 Å². The molecule has 0 saturated carbocycles. The van der Waals surface area contributed by atoms with Crippen molar-refractivity contribution in [3.8, 4) is 0 Å². The summed E-state index contributed by atoms with van der Waals surface area (Å²) in [6.45, 7) is 3.54. The average molecular weight is 470 g/mol. The molecule has 0 spiro atoms. The van der Waals surface area contributed by atoms with Crippen molar-refractivity contribution in [2.45, 2.75) is 11.4 Å². The molecule has 1 aliphatic heterocycles. The van der Waals surface area contributed by atoms with Crippen molar-refractivity contribution in [1.82, 2.24) is 9.80 Å². The molecule has 0 atom stereocenters. The van der Waals surface area contributed by atoms with Gasteiger partial charge >= 0.3 is 0 Å². The van der Waals surface area contributed by atoms with E-state index in [1.54, 1.807) is 47.4 Å². The standard InChI is InChI=1S/C24H24ClN3O3S/c25-21-8-4-6-19(16-21)18-27-12-14-28(15-13-27)24(29)20-7-5-9-22(17-20)26-32(30,31)23-10-2-1-3-11-23/h1-11,16-17,26H,12-15,18H2. The van der Waals surface area contributed by atoms with Gasteiger partial charge in [-0.3, -0.25) is 14.4 Å². The highest BCUT2D eigenvalue weighted by molar-refractivity contribution is 7.92. The van der Waals surface area contributed by atoms with Crippen LogP contribution in [-0.4, -0.2) is 50.3 Å². The largest absolute Gasteiger partial charge is 0.336 e. The maximum absolute atomic E-state index is 13.0. The van der Waals surface area contributed by atoms with Crippen LogP contribution in [0.15, 0.2) is 83.8 Å². The van der Waals surface area contributed by atoms with Crippen molar-refractivity contribution in [2.75, 3.05) is 30.9 Å². The summed E-state index contributed by atoms with van der Waals surface area (Å²) < 4.78 is 27.7. The number of carbonyl (C=O) groups is 1. The number of anilines is 1. The fourth-order valence-electron chi connectivity index (χ4n) is 3.71. The lowest BCUT2D eigenvalue weighted by Gasteiger charge is -2.34. The van der Waals surface area contributed by atoms with Gasteiger partial charge in [-0.1, -0.05) is 48.0 Å². The summed E-state index contributed by atoms with van der Waals surface area (Å²) in [5.74, 6) is -0.104. The molecule has 1 fully saturated rings. The second-order valence-corrected chi connectivity index (χ2v) is 9.82. The number of halogens is 1. The minimum absolute atomic E-state index is 0.104. The molecule has 3 aromatic rings. The second kappa shape index (κ2) is 9.73. The third kappa shape index (κ3) is 5.48. The molecular formula is C24H24ClN3O3S. The van der Waals surface area contributed by atoms with E-state index in [0.717, 1.165) is 30.2 Å². The van der Waals surface area contributed by atoms with Gasteiger partial charge in [-0.2, -0.15) is 0 Å². The second-order valence-electron chi connectivity index (χ2n) is 7.70. The molecule has 0 bridgehead atoms. The lowest BCUT2D eigenvalue weighted by atomic mass is 10.1. The molecule has 6 nitrogen and oxygen atoms in total. The van der Waals surface area contributed by atoms with Crippen LogP contribution in [0, 0.1) is 0 Å². The van der Waals surface area contributed by atoms with Gasteiger partial charge in [-0.05, 0) is 48.0 Å². The van der Waals surface area contributed by atoms with E-state index < -0.39 is 10.0 Å². The van der Waals surface area contributed by atoms with Crippen molar-refractivity contribution in [2.24, 2.45) is 0 Å². The normalized spacial score (nSPS) is 14.8. The zero-order chi connectivity index (χ0) is 22.6. The topological polar surface area (TPSA) is 69.7 Å². The SMILES string of the molecule is O=C(c1cccc(NS(=O)(=O)c2ccccc2)c1)N1CCN(Cc2cccc(Cl)c2)CC1. The molecule has 0 aliphatic carbocycles. The lowest BCUT2D eigenvalue weighted by Crippen LogP contribution is -2.48. The summed E-state index contributed by atoms with van der Waals surface area (Å²) in [7, 11) is -3.71. The number of sulfonamides is 1. The summed E-state index contributed by atoms with van der Waals surface area (Å²) in [6.07, 6.45) is 0. The number of rotatable bonds is 6. The highest BCUT2D eigenvalue weighted by Gasteiger charge is 2.23. The first kappa shape index (κ1) is 22.3. The molecule has 0 unspecified atom stereocenters. The van der Waals surface area contributed by atoms with Gasteiger partial charge in [0.2, 0.25) is 0 Å². The quantitative estimate of drug-likeness (QED) is 0.590. The highest BCUT2D eigenvalue weighted by Crippen LogP contribution is 2.19. The van der Waals surface area contributed by atoms with Crippen LogP contribution in [0.4, 0.5) is 5.69 Å². The zero-order valence-corrected chi connectivity index (χ0v) is 19.0. The van der Waals surface area contributed by atoms with E-state index in [0.29, 0.717) is 24.3 Å². The minimum Gasteiger partial charge on any atom is -0.336 e. The molecule has 0 aromatic heterocycles. The van der Waals surface area contributed by atoms with E-state index in [1.807, 2.05) is 24.3 Å². The van der Waals surface area contributed by atoms with Crippen LogP contribution in [0.25, 0.3) is 0 Å². The van der Waals surface area contributed by atoms with Crippen molar-refractivity contribution in [1.29, 1.82) is 0 Å². The van der Waals surface area contributed by atoms with Crippen LogP contribution < -0.4 is 4.72 Å². The summed E-state index contributed by atoms with van der Waals surface area (Å²) in [5, 5.41) is 0.721. The zero-order valence-electron chi connectivity index (χ0n) is 17.4. The fourth-order valence-corrected chi connectivity index (χ4v) is 5.00. The molecule has 1 aliphatic rings. The summed E-state index contributed by atoms with van der Waals surface area (Å²) in [5.41, 5.74) is 1.97. The van der Waals surface area contributed by atoms with Gasteiger partial charge in [0.25, 0.3) is 15.9 Å². The van der Waals surface area contributed by atoms with Crippen molar-refractivity contribution < 1.29 is 13.2 Å². The first-order chi connectivity index (χ1) is 15.4. The number of nitrogens with zero attached hydrogens (tertiary/aromatic N) is 2. The lowest BCUT2D eigenvalue weighted by molar-refractivity contribution is 0.0628. The number of hydrogen-bond donors (Lipinski definition) is 1. The van der Waals surface area contributed by atoms with E-state index in [1.165, 1.54) is 12.1 Å². The van der Waals surface area contributed by atoms with Crippen molar-refractivity contribution in [3.63, 3.8) is 0 Å². The number of piperazine rings is 1. The van der Waals surface area contributed by atoms with Gasteiger partial charge < -0.3 is 4.90 Å². The van der Waals surface area contributed by atoms with E-state index in [4.69, 9.17) is 11.6 Å². The number of carbonyl (C=O) groups excluding carboxylic acids is 1. The molecule has 1 saturated heterocycles. The summed E-state index contributed by atoms with van der Waals surface area (Å²) in [4.78, 5) is 17.3. The molecule has 8 heteroatoms. The molecule has 166 valence electrons. The monoisotopic (exact) mass is 469 g/mol. The van der Waals surface area contributed by atoms with Crippen molar-refractivity contribution >= 4 is 33.2 Å². The van der Waals surface area contributed by atoms with Gasteiger partial charge in [0.1, 0.15) is 0 Å². The Labute approximate surface area is 193 Å². The number of nitrogens with one attached hydrogen (secondary N) is 1. The van der Waals surface area contributed by atoms with E-state index in [-0.39, 0.29) is 10.8 Å². The third-order valence-electron chi connectivity index (χ3n) is 5.37. The van der Waals surface area contributed by atoms with Crippen LogP contribution >= 0.6 is 11.6 Å². The molecule has 1 amide bonds. The third-order valence-corrected chi connectivity index (χ3v) is 7.00. The Kier molecular flexibility index (Phi) is 6.79. The Bertz CT molecular complexity index is 1190. The van der Waals surface area contributed by atoms with Crippen LogP contribution in [0.3, 0.4) is 0 Å². The molecule has 1 N–H and O–H groups in total. The Hall–Kier alpha value is -2.87. The number of benzene rings is 3. The van der Waals surface area contributed by atoms with Gasteiger partial charge in [-0.15, -0.1) is 0 Å². The predicted molar refractivity (Wildman–Crippen MR) is 126 cm³/mol. The molecule has 1 heterocycles. The first-order valence-corrected chi connectivity index (χ1v) is 12.2. The molecule has 32 heavy (non-hydrogen) atoms. The summed E-state index contributed by atoms with van der Waals surface area (Å²) >= 11 is 6.07. The Morgan fingerprint density at radius 2 is 1.59 bits per heavy atom. The van der Waals surface area contributed by atoms with Gasteiger partial charge in [0, 0.05) is 49.0 Å². The molecule has 0 radical (unpaired) electrons. The Morgan fingerprint density at radius 1 is 0.875 bits per heavy atom. The van der Waals surface area contributed by atoms with Crippen molar-refractivity contribution in [3.05, 3.63) is 95.0 Å². The Morgan fingerprint density at radius 3 is 2.31 bits per heavy atom. The minimum atomic E-state index is -3.71. The Balaban J connectivity index is 1.38. The molecule has 4 rings (SSSR count). The van der Waals surface area contributed by atoms with E-state index >= 15 is 0 Å². The number of amides is 1. The van der Waals surface area contributed by atoms with Crippen LogP contribution in [0.5, 0.6) is 0 Å².